The normalized spacial score (nSPS) is 19.0. The number of benzene rings is 2. The van der Waals surface area contributed by atoms with Gasteiger partial charge in [-0.2, -0.15) is 16.9 Å². The van der Waals surface area contributed by atoms with E-state index in [0.29, 0.717) is 11.8 Å². The number of aryl methyl sites for hydroxylation is 1. The number of ether oxygens (including phenoxy) is 1. The molecule has 2 atom stereocenters. The summed E-state index contributed by atoms with van der Waals surface area (Å²) in [5, 5.41) is 15.0. The minimum absolute atomic E-state index is 0.325. The van der Waals surface area contributed by atoms with Crippen LogP contribution in [0.25, 0.3) is 10.9 Å². The summed E-state index contributed by atoms with van der Waals surface area (Å²) in [6.07, 6.45) is 1.74. The highest BCUT2D eigenvalue weighted by atomic mass is 32.2. The summed E-state index contributed by atoms with van der Waals surface area (Å²) in [6, 6.07) is 14.2. The van der Waals surface area contributed by atoms with Crippen LogP contribution in [0.5, 0.6) is 5.75 Å². The summed E-state index contributed by atoms with van der Waals surface area (Å²) in [5.74, 6) is 6.91. The Morgan fingerprint density at radius 2 is 1.97 bits per heavy atom. The molecule has 1 aliphatic heterocycles. The number of nitrogens with zero attached hydrogens (tertiary/aromatic N) is 4. The fraction of sp³-hybridized carbons (Fsp3) is 0.333. The van der Waals surface area contributed by atoms with Gasteiger partial charge in [-0.1, -0.05) is 6.07 Å². The van der Waals surface area contributed by atoms with Crippen LogP contribution in [0.4, 0.5) is 23.1 Å². The van der Waals surface area contributed by atoms with Gasteiger partial charge in [0.1, 0.15) is 23.2 Å². The number of carbonyl (C=O) groups is 1. The lowest BCUT2D eigenvalue weighted by Gasteiger charge is -2.27. The second-order valence-electron chi connectivity index (χ2n) is 9.42. The van der Waals surface area contributed by atoms with Gasteiger partial charge in [-0.15, -0.1) is 0 Å². The van der Waals surface area contributed by atoms with Crippen LogP contribution in [0.3, 0.4) is 0 Å². The third kappa shape index (κ3) is 4.81. The Morgan fingerprint density at radius 1 is 1.11 bits per heavy atom. The van der Waals surface area contributed by atoms with Crippen LogP contribution in [-0.2, 0) is 4.79 Å². The van der Waals surface area contributed by atoms with Gasteiger partial charge in [-0.25, -0.2) is 9.97 Å². The quantitative estimate of drug-likeness (QED) is 0.287. The van der Waals surface area contributed by atoms with E-state index in [1.165, 1.54) is 5.56 Å². The number of fused-ring (bicyclic) bond motifs is 1. The fourth-order valence-electron chi connectivity index (χ4n) is 5.13. The maximum atomic E-state index is 11.1. The summed E-state index contributed by atoms with van der Waals surface area (Å²) in [6.45, 7) is 3.92. The average molecular weight is 516 g/mol. The number of rotatable bonds is 8. The van der Waals surface area contributed by atoms with Crippen LogP contribution in [0, 0.1) is 6.92 Å². The molecule has 2 unspecified atom stereocenters. The van der Waals surface area contributed by atoms with Crippen molar-refractivity contribution in [1.82, 2.24) is 20.2 Å². The Morgan fingerprint density at radius 3 is 2.78 bits per heavy atom. The predicted octanol–water partition coefficient (Wildman–Crippen LogP) is 4.81. The molecule has 10 heteroatoms. The minimum atomic E-state index is 0.325. The Balaban J connectivity index is 1.22. The number of hydrogen-bond acceptors (Lipinski definition) is 8. The number of anilines is 4. The van der Waals surface area contributed by atoms with Crippen molar-refractivity contribution in [3.63, 3.8) is 0 Å². The number of methoxy groups -OCH3 is 1. The second kappa shape index (κ2) is 9.93. The number of carbonyl (C=O) groups excluding carboxylic acids is 1. The van der Waals surface area contributed by atoms with Crippen LogP contribution >= 0.6 is 11.8 Å². The van der Waals surface area contributed by atoms with Crippen LogP contribution in [0.15, 0.2) is 42.5 Å². The third-order valence-corrected chi connectivity index (χ3v) is 8.03. The van der Waals surface area contributed by atoms with E-state index < -0.39 is 0 Å². The first kappa shape index (κ1) is 23.6. The van der Waals surface area contributed by atoms with Gasteiger partial charge in [0.05, 0.1) is 12.6 Å². The van der Waals surface area contributed by atoms with Gasteiger partial charge in [0.15, 0.2) is 5.82 Å². The summed E-state index contributed by atoms with van der Waals surface area (Å²) >= 11 is 1.98. The zero-order chi connectivity index (χ0) is 25.4. The van der Waals surface area contributed by atoms with Crippen LogP contribution in [-0.4, -0.2) is 58.3 Å². The van der Waals surface area contributed by atoms with E-state index in [4.69, 9.17) is 4.74 Å². The molecule has 3 heterocycles. The van der Waals surface area contributed by atoms with E-state index in [1.54, 1.807) is 7.11 Å². The zero-order valence-corrected chi connectivity index (χ0v) is 21.6. The molecule has 1 saturated heterocycles. The lowest BCUT2D eigenvalue weighted by atomic mass is 10.0. The molecular formula is C27H29N7O2S. The molecule has 4 aromatic rings. The van der Waals surface area contributed by atoms with Crippen molar-refractivity contribution < 1.29 is 9.53 Å². The number of aromatic amines is 1. The maximum Gasteiger partial charge on any atom is 0.211 e. The highest BCUT2D eigenvalue weighted by Crippen LogP contribution is 2.57. The molecule has 0 bridgehead atoms. The van der Waals surface area contributed by atoms with E-state index in [0.717, 1.165) is 88.6 Å². The molecule has 2 aliphatic rings. The molecular weight excluding hydrogens is 486 g/mol. The van der Waals surface area contributed by atoms with Gasteiger partial charge in [-0.3, -0.25) is 9.89 Å². The van der Waals surface area contributed by atoms with Gasteiger partial charge < -0.3 is 20.3 Å². The van der Waals surface area contributed by atoms with Crippen LogP contribution in [0.1, 0.15) is 35.2 Å². The Labute approximate surface area is 219 Å². The fourth-order valence-corrected chi connectivity index (χ4v) is 6.03. The zero-order valence-electron chi connectivity index (χ0n) is 20.8. The van der Waals surface area contributed by atoms with Crippen LogP contribution in [0.2, 0.25) is 0 Å². The lowest BCUT2D eigenvalue weighted by molar-refractivity contribution is -0.105. The van der Waals surface area contributed by atoms with Crippen LogP contribution < -0.4 is 20.3 Å². The predicted molar refractivity (Wildman–Crippen MR) is 148 cm³/mol. The summed E-state index contributed by atoms with van der Waals surface area (Å²) in [7, 11) is 1.66. The summed E-state index contributed by atoms with van der Waals surface area (Å²) < 4.78 is 5.42. The van der Waals surface area contributed by atoms with Gasteiger partial charge in [0.2, 0.25) is 6.41 Å². The van der Waals surface area contributed by atoms with Crippen molar-refractivity contribution >= 4 is 52.2 Å². The van der Waals surface area contributed by atoms with E-state index in [9.17, 15) is 4.79 Å². The molecule has 9 nitrogen and oxygen atoms in total. The first-order chi connectivity index (χ1) is 18.1. The van der Waals surface area contributed by atoms with Crippen molar-refractivity contribution in [3.8, 4) is 5.75 Å². The van der Waals surface area contributed by atoms with E-state index in [2.05, 4.69) is 53.9 Å². The van der Waals surface area contributed by atoms with Gasteiger partial charge in [-0.05, 0) is 66.6 Å². The highest BCUT2D eigenvalue weighted by Gasteiger charge is 2.41. The molecule has 1 saturated carbocycles. The first-order valence-electron chi connectivity index (χ1n) is 12.4. The highest BCUT2D eigenvalue weighted by molar-refractivity contribution is 7.99. The van der Waals surface area contributed by atoms with Crippen molar-refractivity contribution in [3.05, 3.63) is 59.4 Å². The number of aromatic nitrogens is 4. The van der Waals surface area contributed by atoms with Crippen molar-refractivity contribution in [2.24, 2.45) is 0 Å². The molecule has 1 aliphatic carbocycles. The second-order valence-corrected chi connectivity index (χ2v) is 10.6. The van der Waals surface area contributed by atoms with Gasteiger partial charge >= 0.3 is 0 Å². The first-order valence-corrected chi connectivity index (χ1v) is 13.6. The Kier molecular flexibility index (Phi) is 6.33. The number of nitrogens with one attached hydrogen (secondary N) is 3. The van der Waals surface area contributed by atoms with Gasteiger partial charge in [0, 0.05) is 41.7 Å². The number of hydrogen-bond donors (Lipinski definition) is 3. The monoisotopic (exact) mass is 515 g/mol. The molecule has 6 rings (SSSR count). The van der Waals surface area contributed by atoms with E-state index >= 15 is 0 Å². The lowest BCUT2D eigenvalue weighted by Crippen LogP contribution is -2.33. The minimum Gasteiger partial charge on any atom is -0.497 e. The molecule has 190 valence electrons. The smallest absolute Gasteiger partial charge is 0.211 e. The molecule has 0 radical (unpaired) electrons. The Hall–Kier alpha value is -3.79. The Bertz CT molecular complexity index is 1450. The average Bonchev–Trinajstić information content (AvgIpc) is 3.63. The standard InChI is InChI=1S/C27H29N7O2S/c1-16-29-25(14-26(30-16)34-7-9-37-10-8-34)31-27-19-5-3-17(11-24(19)32-33-27)20-13-21(20)22-12-18(36-2)4-6-23(22)28-15-35/h3-6,11-12,14-15,20-21H,7-10,13H2,1-2H3,(H,28,35)(H2,29,30,31,32,33). The largest absolute Gasteiger partial charge is 0.497 e. The SMILES string of the molecule is COc1ccc(NC=O)c(C2CC2c2ccc3c(Nc4cc(N5CCSCC5)nc(C)n4)n[nH]c3c2)c1. The summed E-state index contributed by atoms with van der Waals surface area (Å²) in [4.78, 5) is 22.7. The molecule has 1 amide bonds. The molecule has 2 aromatic heterocycles. The van der Waals surface area contributed by atoms with Crippen molar-refractivity contribution in [2.75, 3.05) is 47.2 Å². The van der Waals surface area contributed by atoms with E-state index in [-0.39, 0.29) is 0 Å². The van der Waals surface area contributed by atoms with Gasteiger partial charge in [0.25, 0.3) is 0 Å². The molecule has 37 heavy (non-hydrogen) atoms. The van der Waals surface area contributed by atoms with Crippen molar-refractivity contribution in [1.29, 1.82) is 0 Å². The third-order valence-electron chi connectivity index (χ3n) is 7.08. The summed E-state index contributed by atoms with van der Waals surface area (Å²) in [5.41, 5.74) is 4.16. The topological polar surface area (TPSA) is 108 Å². The number of H-pyrrole nitrogens is 1. The van der Waals surface area contributed by atoms with E-state index in [1.807, 2.05) is 43.0 Å². The molecule has 0 spiro atoms. The number of amides is 1. The van der Waals surface area contributed by atoms with Crippen molar-refractivity contribution in [2.45, 2.75) is 25.2 Å². The number of thioether (sulfide) groups is 1. The molecule has 2 aromatic carbocycles. The molecule has 3 N–H and O–H groups in total. The molecule has 2 fully saturated rings. The maximum absolute atomic E-state index is 11.1.